The van der Waals surface area contributed by atoms with Crippen molar-refractivity contribution in [2.24, 2.45) is 5.92 Å². The van der Waals surface area contributed by atoms with E-state index in [1.807, 2.05) is 13.8 Å². The van der Waals surface area contributed by atoms with Crippen molar-refractivity contribution in [1.29, 1.82) is 0 Å². The Balaban J connectivity index is 2.43. The smallest absolute Gasteiger partial charge is 0.321 e. The molecule has 6 nitrogen and oxygen atoms in total. The Morgan fingerprint density at radius 1 is 1.33 bits per heavy atom. The summed E-state index contributed by atoms with van der Waals surface area (Å²) in [7, 11) is 0. The first-order valence-electron chi connectivity index (χ1n) is 7.57. The minimum atomic E-state index is -0.293. The van der Waals surface area contributed by atoms with Gasteiger partial charge in [-0.1, -0.05) is 44.9 Å². The molecule has 0 spiro atoms. The van der Waals surface area contributed by atoms with Gasteiger partial charge in [0.2, 0.25) is 5.13 Å². The van der Waals surface area contributed by atoms with Crippen LogP contribution in [0.1, 0.15) is 51.5 Å². The number of hydrogen-bond donors (Lipinski definition) is 3. The first kappa shape index (κ1) is 17.8. The van der Waals surface area contributed by atoms with Crippen LogP contribution in [0.4, 0.5) is 9.93 Å². The number of anilines is 1. The lowest BCUT2D eigenvalue weighted by Crippen LogP contribution is -2.41. The number of rotatable bonds is 9. The molecule has 0 fully saturated rings. The Hall–Kier alpha value is -1.21. The normalized spacial score (nSPS) is 12.4. The molecule has 3 N–H and O–H groups in total. The lowest BCUT2D eigenvalue weighted by Gasteiger charge is -2.21. The summed E-state index contributed by atoms with van der Waals surface area (Å²) < 4.78 is 0. The number of carbonyl (C=O) groups excluding carboxylic acids is 1. The summed E-state index contributed by atoms with van der Waals surface area (Å²) in [6.45, 7) is 6.24. The molecule has 1 heterocycles. The lowest BCUT2D eigenvalue weighted by atomic mass is 10.0. The Kier molecular flexibility index (Phi) is 8.22. The minimum Gasteiger partial charge on any atom is -0.396 e. The number of amides is 2. The molecule has 0 aliphatic rings. The zero-order valence-electron chi connectivity index (χ0n) is 13.1. The molecule has 1 atom stereocenters. The number of urea groups is 1. The number of nitrogens with one attached hydrogen (secondary N) is 2. The molecule has 7 heteroatoms. The highest BCUT2D eigenvalue weighted by molar-refractivity contribution is 7.15. The standard InChI is InChI=1S/C14H26N4O2S/c1-4-5-6-7-12-17-18-14(21-12)16-13(20)15-11(8-9-19)10(2)3/h10-11,19H,4-9H2,1-3H3,(H2,15,16,18,20). The van der Waals surface area contributed by atoms with Crippen LogP contribution in [0.3, 0.4) is 0 Å². The molecule has 1 unspecified atom stereocenters. The zero-order chi connectivity index (χ0) is 15.7. The predicted octanol–water partition coefficient (Wildman–Crippen LogP) is 2.80. The Morgan fingerprint density at radius 2 is 2.10 bits per heavy atom. The van der Waals surface area contributed by atoms with Gasteiger partial charge in [0.05, 0.1) is 0 Å². The van der Waals surface area contributed by atoms with Crippen molar-refractivity contribution in [2.75, 3.05) is 11.9 Å². The van der Waals surface area contributed by atoms with Crippen LogP contribution >= 0.6 is 11.3 Å². The van der Waals surface area contributed by atoms with Gasteiger partial charge in [-0.15, -0.1) is 10.2 Å². The van der Waals surface area contributed by atoms with Gasteiger partial charge in [-0.05, 0) is 18.8 Å². The fourth-order valence-electron chi connectivity index (χ4n) is 1.94. The molecule has 1 aromatic heterocycles. The molecule has 2 amide bonds. The van der Waals surface area contributed by atoms with Gasteiger partial charge in [0, 0.05) is 19.1 Å². The molecule has 0 saturated heterocycles. The van der Waals surface area contributed by atoms with Crippen molar-refractivity contribution in [1.82, 2.24) is 15.5 Å². The fraction of sp³-hybridized carbons (Fsp3) is 0.786. The number of aryl methyl sites for hydroxylation is 1. The van der Waals surface area contributed by atoms with Crippen molar-refractivity contribution in [3.05, 3.63) is 5.01 Å². The van der Waals surface area contributed by atoms with Crippen LogP contribution in [0.25, 0.3) is 0 Å². The van der Waals surface area contributed by atoms with E-state index in [1.54, 1.807) is 0 Å². The molecular formula is C14H26N4O2S. The second-order valence-electron chi connectivity index (χ2n) is 5.42. The average molecular weight is 314 g/mol. The van der Waals surface area contributed by atoms with E-state index >= 15 is 0 Å². The van der Waals surface area contributed by atoms with Gasteiger partial charge in [-0.2, -0.15) is 0 Å². The second-order valence-corrected chi connectivity index (χ2v) is 6.48. The van der Waals surface area contributed by atoms with Crippen LogP contribution in [-0.2, 0) is 6.42 Å². The summed E-state index contributed by atoms with van der Waals surface area (Å²) in [6, 6.07) is -0.342. The van der Waals surface area contributed by atoms with Gasteiger partial charge in [0.25, 0.3) is 0 Å². The highest BCUT2D eigenvalue weighted by atomic mass is 32.1. The van der Waals surface area contributed by atoms with E-state index in [1.165, 1.54) is 24.2 Å². The molecular weight excluding hydrogens is 288 g/mol. The largest absolute Gasteiger partial charge is 0.396 e. The average Bonchev–Trinajstić information content (AvgIpc) is 2.86. The highest BCUT2D eigenvalue weighted by Gasteiger charge is 2.16. The van der Waals surface area contributed by atoms with Crippen LogP contribution in [0.5, 0.6) is 0 Å². The topological polar surface area (TPSA) is 87.1 Å². The maximum Gasteiger partial charge on any atom is 0.321 e. The fourth-order valence-corrected chi connectivity index (χ4v) is 2.72. The molecule has 0 aliphatic carbocycles. The van der Waals surface area contributed by atoms with E-state index in [-0.39, 0.29) is 24.6 Å². The molecule has 21 heavy (non-hydrogen) atoms. The van der Waals surface area contributed by atoms with Crippen LogP contribution in [0.2, 0.25) is 0 Å². The molecule has 1 rings (SSSR count). The van der Waals surface area contributed by atoms with Crippen molar-refractivity contribution in [2.45, 2.75) is 58.9 Å². The van der Waals surface area contributed by atoms with E-state index in [0.29, 0.717) is 11.6 Å². The maximum atomic E-state index is 11.9. The molecule has 0 bridgehead atoms. The second kappa shape index (κ2) is 9.68. The Labute approximate surface area is 130 Å². The number of unbranched alkanes of at least 4 members (excludes halogenated alkanes) is 2. The first-order valence-corrected chi connectivity index (χ1v) is 8.39. The van der Waals surface area contributed by atoms with Crippen molar-refractivity contribution >= 4 is 22.5 Å². The van der Waals surface area contributed by atoms with E-state index in [2.05, 4.69) is 27.8 Å². The summed E-state index contributed by atoms with van der Waals surface area (Å²) in [5.41, 5.74) is 0. The molecule has 0 aromatic carbocycles. The van der Waals surface area contributed by atoms with E-state index in [9.17, 15) is 4.79 Å². The van der Waals surface area contributed by atoms with E-state index in [0.717, 1.165) is 17.8 Å². The van der Waals surface area contributed by atoms with Crippen molar-refractivity contribution in [3.63, 3.8) is 0 Å². The monoisotopic (exact) mass is 314 g/mol. The minimum absolute atomic E-state index is 0.0491. The highest BCUT2D eigenvalue weighted by Crippen LogP contribution is 2.17. The van der Waals surface area contributed by atoms with Crippen LogP contribution in [0.15, 0.2) is 0 Å². The number of nitrogens with zero attached hydrogens (tertiary/aromatic N) is 2. The van der Waals surface area contributed by atoms with E-state index < -0.39 is 0 Å². The molecule has 120 valence electrons. The van der Waals surface area contributed by atoms with Crippen LogP contribution in [-0.4, -0.2) is 34.0 Å². The van der Waals surface area contributed by atoms with Crippen LogP contribution in [0, 0.1) is 5.92 Å². The summed E-state index contributed by atoms with van der Waals surface area (Å²) >= 11 is 1.42. The van der Waals surface area contributed by atoms with Gasteiger partial charge in [-0.3, -0.25) is 5.32 Å². The van der Waals surface area contributed by atoms with Gasteiger partial charge in [0.15, 0.2) is 0 Å². The number of aliphatic hydroxyl groups is 1. The third-order valence-corrected chi connectivity index (χ3v) is 4.14. The van der Waals surface area contributed by atoms with Crippen molar-refractivity contribution < 1.29 is 9.90 Å². The van der Waals surface area contributed by atoms with Gasteiger partial charge >= 0.3 is 6.03 Å². The lowest BCUT2D eigenvalue weighted by molar-refractivity contribution is 0.227. The number of aliphatic hydroxyl groups excluding tert-OH is 1. The quantitative estimate of drug-likeness (QED) is 0.612. The SMILES string of the molecule is CCCCCc1nnc(NC(=O)NC(CCO)C(C)C)s1. The van der Waals surface area contributed by atoms with E-state index in [4.69, 9.17) is 5.11 Å². The summed E-state index contributed by atoms with van der Waals surface area (Å²) in [5.74, 6) is 0.266. The van der Waals surface area contributed by atoms with Gasteiger partial charge in [0.1, 0.15) is 5.01 Å². The number of hydrogen-bond acceptors (Lipinski definition) is 5. The zero-order valence-corrected chi connectivity index (χ0v) is 13.9. The maximum absolute atomic E-state index is 11.9. The first-order chi connectivity index (χ1) is 10.1. The summed E-state index contributed by atoms with van der Waals surface area (Å²) in [4.78, 5) is 11.9. The molecule has 1 aromatic rings. The van der Waals surface area contributed by atoms with Crippen LogP contribution < -0.4 is 10.6 Å². The number of carbonyl (C=O) groups is 1. The van der Waals surface area contributed by atoms with Gasteiger partial charge < -0.3 is 10.4 Å². The summed E-state index contributed by atoms with van der Waals surface area (Å²) in [5, 5.41) is 24.1. The summed E-state index contributed by atoms with van der Waals surface area (Å²) in [6.07, 6.45) is 4.91. The predicted molar refractivity (Wildman–Crippen MR) is 85.6 cm³/mol. The molecule has 0 aliphatic heterocycles. The van der Waals surface area contributed by atoms with Gasteiger partial charge in [-0.25, -0.2) is 4.79 Å². The Bertz CT molecular complexity index is 423. The number of aromatic nitrogens is 2. The third-order valence-electron chi connectivity index (χ3n) is 3.24. The molecule has 0 saturated carbocycles. The third kappa shape index (κ3) is 6.86. The van der Waals surface area contributed by atoms with Crippen molar-refractivity contribution in [3.8, 4) is 0 Å². The molecule has 0 radical (unpaired) electrons. The Morgan fingerprint density at radius 3 is 2.71 bits per heavy atom.